The van der Waals surface area contributed by atoms with E-state index in [0.717, 1.165) is 31.5 Å². The lowest BCUT2D eigenvalue weighted by atomic mass is 9.85. The smallest absolute Gasteiger partial charge is 0.0762 e. The first-order valence-corrected chi connectivity index (χ1v) is 7.80. The average molecular weight is 281 g/mol. The second-order valence-electron chi connectivity index (χ2n) is 6.57. The van der Waals surface area contributed by atoms with Crippen LogP contribution < -0.4 is 5.32 Å². The quantitative estimate of drug-likeness (QED) is 0.769. The van der Waals surface area contributed by atoms with Crippen LogP contribution in [0.3, 0.4) is 0 Å². The van der Waals surface area contributed by atoms with E-state index >= 15 is 0 Å². The number of nitrogens with zero attached hydrogens (tertiary/aromatic N) is 2. The summed E-state index contributed by atoms with van der Waals surface area (Å²) in [7, 11) is 0. The Morgan fingerprint density at radius 3 is 2.45 bits per heavy atom. The summed E-state index contributed by atoms with van der Waals surface area (Å²) in [5.41, 5.74) is 1.21. The minimum atomic E-state index is 0.140. The molecule has 0 fully saturated rings. The van der Waals surface area contributed by atoms with Crippen LogP contribution in [0.2, 0.25) is 0 Å². The molecule has 0 radical (unpaired) electrons. The zero-order valence-electron chi connectivity index (χ0n) is 13.7. The fourth-order valence-electron chi connectivity index (χ4n) is 2.54. The molecule has 0 spiro atoms. The standard InChI is InChI=1S/C16H31N3O/c1-6-14(7-2)19-10-8-13(18-19)12-17-15(9-11-20)16(3,4)5/h8,10,14-15,17,20H,6-7,9,11-12H2,1-5H3. The van der Waals surface area contributed by atoms with Crippen molar-refractivity contribution in [3.63, 3.8) is 0 Å². The van der Waals surface area contributed by atoms with Crippen molar-refractivity contribution >= 4 is 0 Å². The summed E-state index contributed by atoms with van der Waals surface area (Å²) in [6, 6.07) is 2.88. The maximum absolute atomic E-state index is 9.18. The molecule has 116 valence electrons. The van der Waals surface area contributed by atoms with Crippen LogP contribution in [0.4, 0.5) is 0 Å². The van der Waals surface area contributed by atoms with E-state index in [4.69, 9.17) is 0 Å². The minimum Gasteiger partial charge on any atom is -0.396 e. The molecule has 1 rings (SSSR count). The summed E-state index contributed by atoms with van der Waals surface area (Å²) >= 11 is 0. The van der Waals surface area contributed by atoms with E-state index in [1.54, 1.807) is 0 Å². The van der Waals surface area contributed by atoms with Crippen LogP contribution in [0.15, 0.2) is 12.3 Å². The normalized spacial score (nSPS) is 13.9. The summed E-state index contributed by atoms with van der Waals surface area (Å²) < 4.78 is 2.08. The van der Waals surface area contributed by atoms with Crippen molar-refractivity contribution in [2.24, 2.45) is 5.41 Å². The molecule has 2 N–H and O–H groups in total. The van der Waals surface area contributed by atoms with Gasteiger partial charge in [-0.15, -0.1) is 0 Å². The lowest BCUT2D eigenvalue weighted by Gasteiger charge is -2.31. The molecule has 4 nitrogen and oxygen atoms in total. The Morgan fingerprint density at radius 1 is 1.30 bits per heavy atom. The number of hydrogen-bond acceptors (Lipinski definition) is 3. The monoisotopic (exact) mass is 281 g/mol. The molecular weight excluding hydrogens is 250 g/mol. The van der Waals surface area contributed by atoms with Crippen LogP contribution in [-0.4, -0.2) is 27.5 Å². The highest BCUT2D eigenvalue weighted by molar-refractivity contribution is 5.00. The van der Waals surface area contributed by atoms with Gasteiger partial charge < -0.3 is 10.4 Å². The molecule has 0 aliphatic rings. The number of aromatic nitrogens is 2. The minimum absolute atomic E-state index is 0.140. The second kappa shape index (κ2) is 7.79. The highest BCUT2D eigenvalue weighted by Crippen LogP contribution is 2.22. The molecule has 4 heteroatoms. The van der Waals surface area contributed by atoms with E-state index < -0.39 is 0 Å². The third kappa shape index (κ3) is 4.91. The number of rotatable bonds is 8. The highest BCUT2D eigenvalue weighted by atomic mass is 16.3. The Balaban J connectivity index is 2.60. The SMILES string of the molecule is CCC(CC)n1ccc(CNC(CCO)C(C)(C)C)n1. The predicted molar refractivity (Wildman–Crippen MR) is 83.6 cm³/mol. The van der Waals surface area contributed by atoms with Gasteiger partial charge in [0.05, 0.1) is 11.7 Å². The van der Waals surface area contributed by atoms with E-state index in [-0.39, 0.29) is 12.0 Å². The van der Waals surface area contributed by atoms with Crippen molar-refractivity contribution in [3.05, 3.63) is 18.0 Å². The van der Waals surface area contributed by atoms with Gasteiger partial charge in [-0.05, 0) is 30.7 Å². The first-order valence-electron chi connectivity index (χ1n) is 7.80. The first kappa shape index (κ1) is 17.2. The van der Waals surface area contributed by atoms with Gasteiger partial charge in [-0.2, -0.15) is 5.10 Å². The second-order valence-corrected chi connectivity index (χ2v) is 6.57. The Bertz CT molecular complexity index is 377. The summed E-state index contributed by atoms with van der Waals surface area (Å²) in [5, 5.41) is 17.4. The van der Waals surface area contributed by atoms with E-state index in [1.165, 1.54) is 0 Å². The van der Waals surface area contributed by atoms with Gasteiger partial charge >= 0.3 is 0 Å². The Hall–Kier alpha value is -0.870. The summed E-state index contributed by atoms with van der Waals surface area (Å²) in [5.74, 6) is 0. The Kier molecular flexibility index (Phi) is 6.69. The predicted octanol–water partition coefficient (Wildman–Crippen LogP) is 3.13. The van der Waals surface area contributed by atoms with Gasteiger partial charge in [-0.1, -0.05) is 34.6 Å². The van der Waals surface area contributed by atoms with Crippen molar-refractivity contribution < 1.29 is 5.11 Å². The topological polar surface area (TPSA) is 50.1 Å². The van der Waals surface area contributed by atoms with Crippen LogP contribution >= 0.6 is 0 Å². The largest absolute Gasteiger partial charge is 0.396 e. The molecule has 20 heavy (non-hydrogen) atoms. The van der Waals surface area contributed by atoms with Crippen LogP contribution in [0.25, 0.3) is 0 Å². The van der Waals surface area contributed by atoms with Crippen LogP contribution in [0, 0.1) is 5.41 Å². The van der Waals surface area contributed by atoms with E-state index in [0.29, 0.717) is 12.1 Å². The molecule has 0 aliphatic carbocycles. The Labute approximate surface area is 123 Å². The van der Waals surface area contributed by atoms with E-state index in [9.17, 15) is 5.11 Å². The number of aliphatic hydroxyl groups is 1. The molecule has 1 aromatic rings. The van der Waals surface area contributed by atoms with Gasteiger partial charge in [0, 0.05) is 25.4 Å². The zero-order chi connectivity index (χ0) is 15.2. The molecule has 1 aromatic heterocycles. The molecular formula is C16H31N3O. The highest BCUT2D eigenvalue weighted by Gasteiger charge is 2.23. The number of aliphatic hydroxyl groups excluding tert-OH is 1. The third-order valence-corrected chi connectivity index (χ3v) is 3.97. The molecule has 1 heterocycles. The van der Waals surface area contributed by atoms with Gasteiger partial charge in [0.25, 0.3) is 0 Å². The average Bonchev–Trinajstić information content (AvgIpc) is 2.83. The third-order valence-electron chi connectivity index (χ3n) is 3.97. The number of hydrogen-bond donors (Lipinski definition) is 2. The number of nitrogens with one attached hydrogen (secondary N) is 1. The van der Waals surface area contributed by atoms with Crippen LogP contribution in [-0.2, 0) is 6.54 Å². The molecule has 0 aromatic carbocycles. The van der Waals surface area contributed by atoms with Crippen molar-refractivity contribution in [2.45, 2.75) is 72.5 Å². The maximum atomic E-state index is 9.18. The molecule has 0 bridgehead atoms. The Morgan fingerprint density at radius 2 is 1.95 bits per heavy atom. The fourth-order valence-corrected chi connectivity index (χ4v) is 2.54. The lowest BCUT2D eigenvalue weighted by Crippen LogP contribution is -2.40. The van der Waals surface area contributed by atoms with Gasteiger partial charge in [0.15, 0.2) is 0 Å². The molecule has 0 saturated heterocycles. The van der Waals surface area contributed by atoms with Crippen molar-refractivity contribution in [3.8, 4) is 0 Å². The molecule has 0 aliphatic heterocycles. The fraction of sp³-hybridized carbons (Fsp3) is 0.812. The van der Waals surface area contributed by atoms with Crippen LogP contribution in [0.5, 0.6) is 0 Å². The van der Waals surface area contributed by atoms with Crippen molar-refractivity contribution in [1.29, 1.82) is 0 Å². The lowest BCUT2D eigenvalue weighted by molar-refractivity contribution is 0.196. The van der Waals surface area contributed by atoms with Crippen LogP contribution in [0.1, 0.15) is 65.6 Å². The summed E-state index contributed by atoms with van der Waals surface area (Å²) in [6.45, 7) is 12.0. The van der Waals surface area contributed by atoms with E-state index in [2.05, 4.69) is 62.0 Å². The van der Waals surface area contributed by atoms with Gasteiger partial charge in [0.1, 0.15) is 0 Å². The van der Waals surface area contributed by atoms with Gasteiger partial charge in [-0.3, -0.25) is 4.68 Å². The maximum Gasteiger partial charge on any atom is 0.0762 e. The molecule has 1 unspecified atom stereocenters. The summed E-state index contributed by atoms with van der Waals surface area (Å²) in [4.78, 5) is 0. The first-order chi connectivity index (χ1) is 9.42. The molecule has 0 amide bonds. The van der Waals surface area contributed by atoms with Gasteiger partial charge in [0.2, 0.25) is 0 Å². The molecule has 0 saturated carbocycles. The van der Waals surface area contributed by atoms with Crippen molar-refractivity contribution in [1.82, 2.24) is 15.1 Å². The zero-order valence-corrected chi connectivity index (χ0v) is 13.7. The van der Waals surface area contributed by atoms with Crippen molar-refractivity contribution in [2.75, 3.05) is 6.61 Å². The van der Waals surface area contributed by atoms with E-state index in [1.807, 2.05) is 0 Å². The van der Waals surface area contributed by atoms with Gasteiger partial charge in [-0.25, -0.2) is 0 Å². The summed E-state index contributed by atoms with van der Waals surface area (Å²) in [6.07, 6.45) is 5.07. The molecule has 1 atom stereocenters.